The monoisotopic (exact) mass is 214 g/mol. The van der Waals surface area contributed by atoms with Crippen LogP contribution in [0.4, 0.5) is 0 Å². The molecule has 0 radical (unpaired) electrons. The molecule has 1 rings (SSSR count). The van der Waals surface area contributed by atoms with E-state index >= 15 is 0 Å². The minimum atomic E-state index is -2.56. The molecular formula is C9H11O4P. The van der Waals surface area contributed by atoms with Crippen LogP contribution in [0.25, 0.3) is 0 Å². The van der Waals surface area contributed by atoms with Crippen molar-refractivity contribution >= 4 is 19.3 Å². The first-order valence-electron chi connectivity index (χ1n) is 4.17. The van der Waals surface area contributed by atoms with Crippen molar-refractivity contribution in [2.45, 2.75) is 13.3 Å². The molecule has 5 heteroatoms. The van der Waals surface area contributed by atoms with E-state index in [1.54, 1.807) is 19.1 Å². The smallest absolute Gasteiger partial charge is 0.310 e. The normalized spacial score (nSPS) is 12.1. The Balaban J connectivity index is 2.75. The van der Waals surface area contributed by atoms with E-state index in [9.17, 15) is 9.36 Å². The third kappa shape index (κ3) is 2.89. The van der Waals surface area contributed by atoms with Crippen molar-refractivity contribution in [3.8, 4) is 5.75 Å². The van der Waals surface area contributed by atoms with Gasteiger partial charge in [0.15, 0.2) is 0 Å². The summed E-state index contributed by atoms with van der Waals surface area (Å²) in [7, 11) is -2.56. The summed E-state index contributed by atoms with van der Waals surface area (Å²) in [6.07, 6.45) is 0.190. The maximum atomic E-state index is 11.4. The lowest BCUT2D eigenvalue weighted by molar-refractivity contribution is -0.133. The maximum absolute atomic E-state index is 11.4. The van der Waals surface area contributed by atoms with E-state index in [0.29, 0.717) is 5.30 Å². The van der Waals surface area contributed by atoms with Crippen LogP contribution in [-0.2, 0) is 13.9 Å². The summed E-state index contributed by atoms with van der Waals surface area (Å²) >= 11 is 0. The minimum Gasteiger partial charge on any atom is -0.508 e. The molecule has 1 unspecified atom stereocenters. The fourth-order valence-corrected chi connectivity index (χ4v) is 1.83. The van der Waals surface area contributed by atoms with E-state index in [1.807, 2.05) is 0 Å². The largest absolute Gasteiger partial charge is 0.508 e. The van der Waals surface area contributed by atoms with Crippen LogP contribution in [0.2, 0.25) is 0 Å². The van der Waals surface area contributed by atoms with Gasteiger partial charge in [-0.15, -0.1) is 0 Å². The van der Waals surface area contributed by atoms with Crippen LogP contribution >= 0.6 is 8.03 Å². The Bertz CT molecular complexity index is 362. The summed E-state index contributed by atoms with van der Waals surface area (Å²) < 4.78 is 16.0. The molecule has 4 nitrogen and oxygen atoms in total. The van der Waals surface area contributed by atoms with Crippen molar-refractivity contribution in [2.24, 2.45) is 0 Å². The summed E-state index contributed by atoms with van der Waals surface area (Å²) in [5, 5.41) is 9.43. The predicted octanol–water partition coefficient (Wildman–Crippen LogP) is 1.45. The molecule has 0 spiro atoms. The van der Waals surface area contributed by atoms with Crippen molar-refractivity contribution in [2.75, 3.05) is 0 Å². The van der Waals surface area contributed by atoms with Crippen molar-refractivity contribution < 1.29 is 19.0 Å². The molecule has 0 aromatic heterocycles. The van der Waals surface area contributed by atoms with E-state index in [4.69, 9.17) is 5.11 Å². The standard InChI is InChI=1S/C9H11O4P/c1-2-9(11)13-14(12)8-5-3-4-7(10)6-8/h3-6,10,14H,2H2,1H3. The Hall–Kier alpha value is -1.28. The van der Waals surface area contributed by atoms with Gasteiger partial charge in [0.1, 0.15) is 5.75 Å². The predicted molar refractivity (Wildman–Crippen MR) is 53.1 cm³/mol. The van der Waals surface area contributed by atoms with Crippen LogP contribution in [0.3, 0.4) is 0 Å². The average Bonchev–Trinajstić information content (AvgIpc) is 2.17. The van der Waals surface area contributed by atoms with Gasteiger partial charge in [-0.05, 0) is 18.2 Å². The van der Waals surface area contributed by atoms with Gasteiger partial charge in [-0.25, -0.2) is 0 Å². The SMILES string of the molecule is CCC(=O)O[PH](=O)c1cccc(O)c1. The van der Waals surface area contributed by atoms with Gasteiger partial charge < -0.3 is 9.63 Å². The number of aromatic hydroxyl groups is 1. The summed E-state index contributed by atoms with van der Waals surface area (Å²) in [6, 6.07) is 5.88. The fourth-order valence-electron chi connectivity index (χ4n) is 0.867. The number of hydrogen-bond donors (Lipinski definition) is 1. The Morgan fingerprint density at radius 2 is 2.29 bits per heavy atom. The molecule has 1 aromatic carbocycles. The highest BCUT2D eigenvalue weighted by Gasteiger charge is 2.08. The van der Waals surface area contributed by atoms with Crippen molar-refractivity contribution in [1.29, 1.82) is 0 Å². The van der Waals surface area contributed by atoms with Crippen LogP contribution in [0.5, 0.6) is 5.75 Å². The second-order valence-corrected chi connectivity index (χ2v) is 4.02. The zero-order chi connectivity index (χ0) is 10.6. The molecule has 76 valence electrons. The van der Waals surface area contributed by atoms with Crippen LogP contribution in [0, 0.1) is 0 Å². The molecule has 0 fully saturated rings. The molecule has 0 amide bonds. The molecule has 1 aromatic rings. The molecule has 1 atom stereocenters. The second-order valence-electron chi connectivity index (χ2n) is 2.67. The summed E-state index contributed by atoms with van der Waals surface area (Å²) in [4.78, 5) is 10.8. The maximum Gasteiger partial charge on any atom is 0.310 e. The number of phenolic OH excluding ortho intramolecular Hbond substituents is 1. The van der Waals surface area contributed by atoms with Gasteiger partial charge in [-0.2, -0.15) is 0 Å². The van der Waals surface area contributed by atoms with Crippen LogP contribution in [-0.4, -0.2) is 11.1 Å². The van der Waals surface area contributed by atoms with Crippen LogP contribution in [0.1, 0.15) is 13.3 Å². The number of phenols is 1. The van der Waals surface area contributed by atoms with E-state index in [2.05, 4.69) is 4.52 Å². The molecule has 0 aliphatic carbocycles. The molecule has 0 bridgehead atoms. The molecule has 0 aliphatic heterocycles. The third-order valence-electron chi connectivity index (χ3n) is 1.58. The zero-order valence-electron chi connectivity index (χ0n) is 7.69. The first kappa shape index (κ1) is 10.8. The van der Waals surface area contributed by atoms with Crippen molar-refractivity contribution in [1.82, 2.24) is 0 Å². The van der Waals surface area contributed by atoms with E-state index in [0.717, 1.165) is 0 Å². The van der Waals surface area contributed by atoms with Gasteiger partial charge in [0, 0.05) is 11.7 Å². The van der Waals surface area contributed by atoms with Gasteiger partial charge in [-0.3, -0.25) is 9.36 Å². The van der Waals surface area contributed by atoms with Gasteiger partial charge >= 0.3 is 5.97 Å². The van der Waals surface area contributed by atoms with E-state index in [1.165, 1.54) is 12.1 Å². The van der Waals surface area contributed by atoms with Crippen molar-refractivity contribution in [3.63, 3.8) is 0 Å². The Labute approximate surface area is 82.4 Å². The summed E-state index contributed by atoms with van der Waals surface area (Å²) in [6.45, 7) is 1.62. The van der Waals surface area contributed by atoms with Crippen LogP contribution < -0.4 is 5.30 Å². The minimum absolute atomic E-state index is 0.00778. The van der Waals surface area contributed by atoms with E-state index < -0.39 is 14.0 Å². The number of carbonyl (C=O) groups excluding carboxylic acids is 1. The lowest BCUT2D eigenvalue weighted by Gasteiger charge is -2.03. The number of benzene rings is 1. The van der Waals surface area contributed by atoms with Crippen molar-refractivity contribution in [3.05, 3.63) is 24.3 Å². The number of hydrogen-bond acceptors (Lipinski definition) is 4. The fraction of sp³-hybridized carbons (Fsp3) is 0.222. The Kier molecular flexibility index (Phi) is 3.72. The molecular weight excluding hydrogens is 203 g/mol. The quantitative estimate of drug-likeness (QED) is 0.773. The molecule has 1 N–H and O–H groups in total. The molecule has 0 aliphatic rings. The first-order valence-corrected chi connectivity index (χ1v) is 5.49. The lowest BCUT2D eigenvalue weighted by Crippen LogP contribution is -2.02. The third-order valence-corrected chi connectivity index (χ3v) is 2.77. The number of rotatable bonds is 3. The van der Waals surface area contributed by atoms with Gasteiger partial charge in [0.05, 0.1) is 0 Å². The molecule has 0 saturated carbocycles. The Morgan fingerprint density at radius 1 is 1.57 bits per heavy atom. The highest BCUT2D eigenvalue weighted by molar-refractivity contribution is 7.48. The molecule has 0 saturated heterocycles. The average molecular weight is 214 g/mol. The Morgan fingerprint density at radius 3 is 2.86 bits per heavy atom. The summed E-state index contributed by atoms with van der Waals surface area (Å²) in [5.41, 5.74) is 0. The summed E-state index contributed by atoms with van der Waals surface area (Å²) in [5.74, 6) is -0.495. The highest BCUT2D eigenvalue weighted by atomic mass is 31.1. The lowest BCUT2D eigenvalue weighted by atomic mass is 10.3. The molecule has 0 heterocycles. The second kappa shape index (κ2) is 4.82. The van der Waals surface area contributed by atoms with E-state index in [-0.39, 0.29) is 12.2 Å². The van der Waals surface area contributed by atoms with Crippen LogP contribution in [0.15, 0.2) is 24.3 Å². The zero-order valence-corrected chi connectivity index (χ0v) is 8.69. The van der Waals surface area contributed by atoms with Gasteiger partial charge in [0.25, 0.3) is 8.03 Å². The highest BCUT2D eigenvalue weighted by Crippen LogP contribution is 2.23. The van der Waals surface area contributed by atoms with Gasteiger partial charge in [0.2, 0.25) is 0 Å². The first-order chi connectivity index (χ1) is 6.63. The number of carbonyl (C=O) groups is 1. The molecule has 14 heavy (non-hydrogen) atoms. The van der Waals surface area contributed by atoms with Gasteiger partial charge in [-0.1, -0.05) is 13.0 Å². The topological polar surface area (TPSA) is 63.6 Å².